The molecule has 1 fully saturated rings. The third kappa shape index (κ3) is 6.36. The Morgan fingerprint density at radius 2 is 2.00 bits per heavy atom. The van der Waals surface area contributed by atoms with Gasteiger partial charge in [0.15, 0.2) is 0 Å². The van der Waals surface area contributed by atoms with Gasteiger partial charge in [0, 0.05) is 31.4 Å². The second-order valence-electron chi connectivity index (χ2n) is 6.59. The summed E-state index contributed by atoms with van der Waals surface area (Å²) < 4.78 is 11.9. The maximum absolute atomic E-state index is 11.8. The fourth-order valence-corrected chi connectivity index (χ4v) is 3.15. The Labute approximate surface area is 139 Å². The molecule has 0 aromatic heterocycles. The molecule has 2 atom stereocenters. The Bertz CT molecular complexity index is 449. The molecule has 1 saturated heterocycles. The molecular weight excluding hydrogens is 292 g/mol. The number of ether oxygens (including phenoxy) is 2. The zero-order chi connectivity index (χ0) is 16.7. The van der Waals surface area contributed by atoms with Gasteiger partial charge < -0.3 is 20.5 Å². The number of unbranched alkanes of at least 4 members (excludes halogenated alkanes) is 1. The van der Waals surface area contributed by atoms with Crippen LogP contribution in [0.1, 0.15) is 58.8 Å². The highest BCUT2D eigenvalue weighted by atomic mass is 16.5. The topological polar surface area (TPSA) is 73.6 Å². The molecule has 0 saturated carbocycles. The zero-order valence-electron chi connectivity index (χ0n) is 14.3. The van der Waals surface area contributed by atoms with E-state index in [-0.39, 0.29) is 24.2 Å². The van der Waals surface area contributed by atoms with E-state index in [2.05, 4.69) is 19.2 Å². The van der Waals surface area contributed by atoms with Crippen LogP contribution in [-0.2, 0) is 14.3 Å². The van der Waals surface area contributed by atoms with Gasteiger partial charge in [0.1, 0.15) is 6.10 Å². The largest absolute Gasteiger partial charge is 0.495 e. The van der Waals surface area contributed by atoms with Crippen molar-refractivity contribution in [3.05, 3.63) is 23.6 Å². The second kappa shape index (κ2) is 9.08. The van der Waals surface area contributed by atoms with Crippen molar-refractivity contribution in [2.24, 2.45) is 5.73 Å². The van der Waals surface area contributed by atoms with Crippen LogP contribution in [-0.4, -0.2) is 30.8 Å². The number of carbonyl (C=O) groups is 1. The highest BCUT2D eigenvalue weighted by Gasteiger charge is 2.26. The van der Waals surface area contributed by atoms with Crippen molar-refractivity contribution in [1.82, 2.24) is 5.32 Å². The number of nitrogens with one attached hydrogen (secondary N) is 1. The lowest BCUT2D eigenvalue weighted by Gasteiger charge is -2.33. The molecule has 0 aromatic carbocycles. The summed E-state index contributed by atoms with van der Waals surface area (Å²) >= 11 is 0. The van der Waals surface area contributed by atoms with E-state index in [0.29, 0.717) is 13.0 Å². The van der Waals surface area contributed by atoms with Gasteiger partial charge in [0.05, 0.1) is 18.0 Å². The third-order valence-electron chi connectivity index (χ3n) is 4.24. The number of hydrogen-bond donors (Lipinski definition) is 2. The number of hydrogen-bond acceptors (Lipinski definition) is 4. The first-order valence-electron chi connectivity index (χ1n) is 8.78. The standard InChI is InChI=1S/C18H30N2O3/c1-13-11-17(12-14(2)22-13)23-16-8-6-15(7-9-16)20-18(21)5-3-4-10-19/h6,8,13-14,17H,3-5,7,9-12,19H2,1-2H3,(H,20,21). The first-order chi connectivity index (χ1) is 11.1. The Kier molecular flexibility index (Phi) is 7.12. The van der Waals surface area contributed by atoms with Crippen LogP contribution in [0.5, 0.6) is 0 Å². The van der Waals surface area contributed by atoms with E-state index < -0.39 is 0 Å². The quantitative estimate of drug-likeness (QED) is 0.707. The van der Waals surface area contributed by atoms with Gasteiger partial charge in [-0.3, -0.25) is 4.79 Å². The fraction of sp³-hybridized carbons (Fsp3) is 0.722. The minimum absolute atomic E-state index is 0.0783. The van der Waals surface area contributed by atoms with Crippen LogP contribution in [0.15, 0.2) is 23.6 Å². The van der Waals surface area contributed by atoms with Crippen molar-refractivity contribution in [3.63, 3.8) is 0 Å². The van der Waals surface area contributed by atoms with Crippen molar-refractivity contribution in [2.75, 3.05) is 6.54 Å². The SMILES string of the molecule is CC1CC(OC2=CC=C(NC(=O)CCCCN)CC2)CC(C)O1. The molecule has 2 unspecified atom stereocenters. The molecule has 0 spiro atoms. The summed E-state index contributed by atoms with van der Waals surface area (Å²) in [5.74, 6) is 1.09. The summed E-state index contributed by atoms with van der Waals surface area (Å²) in [5, 5.41) is 2.98. The van der Waals surface area contributed by atoms with Crippen LogP contribution < -0.4 is 11.1 Å². The van der Waals surface area contributed by atoms with Crippen molar-refractivity contribution < 1.29 is 14.3 Å². The normalized spacial score (nSPS) is 27.9. The summed E-state index contributed by atoms with van der Waals surface area (Å²) in [4.78, 5) is 11.8. The molecule has 0 aromatic rings. The minimum Gasteiger partial charge on any atom is -0.495 e. The third-order valence-corrected chi connectivity index (χ3v) is 4.24. The van der Waals surface area contributed by atoms with Crippen LogP contribution in [0, 0.1) is 0 Å². The maximum atomic E-state index is 11.8. The summed E-state index contributed by atoms with van der Waals surface area (Å²) in [5.41, 5.74) is 6.41. The van der Waals surface area contributed by atoms with E-state index in [4.69, 9.17) is 15.2 Å². The van der Waals surface area contributed by atoms with E-state index >= 15 is 0 Å². The molecule has 0 bridgehead atoms. The van der Waals surface area contributed by atoms with Crippen LogP contribution in [0.2, 0.25) is 0 Å². The average molecular weight is 322 g/mol. The molecule has 1 aliphatic carbocycles. The molecule has 5 heteroatoms. The lowest BCUT2D eigenvalue weighted by molar-refractivity contribution is -0.120. The highest BCUT2D eigenvalue weighted by molar-refractivity contribution is 5.77. The summed E-state index contributed by atoms with van der Waals surface area (Å²) in [6.07, 6.45) is 10.5. The van der Waals surface area contributed by atoms with Gasteiger partial charge in [-0.2, -0.15) is 0 Å². The number of allylic oxidation sites excluding steroid dienone is 4. The van der Waals surface area contributed by atoms with Gasteiger partial charge in [-0.05, 0) is 51.8 Å². The fourth-order valence-electron chi connectivity index (χ4n) is 3.15. The van der Waals surface area contributed by atoms with E-state index in [1.807, 2.05) is 12.2 Å². The monoisotopic (exact) mass is 322 g/mol. The van der Waals surface area contributed by atoms with E-state index in [1.165, 1.54) is 0 Å². The molecule has 23 heavy (non-hydrogen) atoms. The Hall–Kier alpha value is -1.33. The highest BCUT2D eigenvalue weighted by Crippen LogP contribution is 2.26. The first-order valence-corrected chi connectivity index (χ1v) is 8.78. The van der Waals surface area contributed by atoms with Gasteiger partial charge in [-0.1, -0.05) is 0 Å². The summed E-state index contributed by atoms with van der Waals surface area (Å²) in [6, 6.07) is 0. The average Bonchev–Trinajstić information content (AvgIpc) is 2.48. The minimum atomic E-state index is 0.0783. The molecule has 1 aliphatic heterocycles. The van der Waals surface area contributed by atoms with Gasteiger partial charge in [-0.15, -0.1) is 0 Å². The van der Waals surface area contributed by atoms with Crippen LogP contribution in [0.25, 0.3) is 0 Å². The number of rotatable bonds is 7. The molecule has 2 rings (SSSR count). The Balaban J connectivity index is 1.77. The van der Waals surface area contributed by atoms with E-state index in [0.717, 1.165) is 50.0 Å². The van der Waals surface area contributed by atoms with Crippen LogP contribution in [0.4, 0.5) is 0 Å². The van der Waals surface area contributed by atoms with Gasteiger partial charge in [0.25, 0.3) is 0 Å². The van der Waals surface area contributed by atoms with Crippen molar-refractivity contribution in [2.45, 2.75) is 77.1 Å². The molecule has 1 amide bonds. The van der Waals surface area contributed by atoms with Gasteiger partial charge >= 0.3 is 0 Å². The van der Waals surface area contributed by atoms with E-state index in [1.54, 1.807) is 0 Å². The van der Waals surface area contributed by atoms with Gasteiger partial charge in [-0.25, -0.2) is 0 Å². The predicted octanol–water partition coefficient (Wildman–Crippen LogP) is 2.77. The lowest BCUT2D eigenvalue weighted by atomic mass is 10.0. The van der Waals surface area contributed by atoms with E-state index in [9.17, 15) is 4.79 Å². The summed E-state index contributed by atoms with van der Waals surface area (Å²) in [7, 11) is 0. The lowest BCUT2D eigenvalue weighted by Crippen LogP contribution is -2.34. The van der Waals surface area contributed by atoms with Crippen molar-refractivity contribution >= 4 is 5.91 Å². The van der Waals surface area contributed by atoms with Crippen molar-refractivity contribution in [1.29, 1.82) is 0 Å². The maximum Gasteiger partial charge on any atom is 0.224 e. The Morgan fingerprint density at radius 1 is 1.26 bits per heavy atom. The summed E-state index contributed by atoms with van der Waals surface area (Å²) in [6.45, 7) is 4.84. The molecule has 0 radical (unpaired) electrons. The molecular formula is C18H30N2O3. The number of carbonyl (C=O) groups excluding carboxylic acids is 1. The zero-order valence-corrected chi connectivity index (χ0v) is 14.3. The molecule has 2 aliphatic rings. The Morgan fingerprint density at radius 3 is 2.61 bits per heavy atom. The van der Waals surface area contributed by atoms with Crippen LogP contribution >= 0.6 is 0 Å². The number of nitrogens with two attached hydrogens (primary N) is 1. The van der Waals surface area contributed by atoms with Crippen molar-refractivity contribution in [3.8, 4) is 0 Å². The molecule has 130 valence electrons. The smallest absolute Gasteiger partial charge is 0.224 e. The molecule has 1 heterocycles. The second-order valence-corrected chi connectivity index (χ2v) is 6.59. The number of amides is 1. The molecule has 3 N–H and O–H groups in total. The molecule has 5 nitrogen and oxygen atoms in total. The van der Waals surface area contributed by atoms with Gasteiger partial charge in [0.2, 0.25) is 5.91 Å². The predicted molar refractivity (Wildman–Crippen MR) is 90.6 cm³/mol. The van der Waals surface area contributed by atoms with Crippen LogP contribution in [0.3, 0.4) is 0 Å². The first kappa shape index (κ1) is 18.0.